The zero-order valence-corrected chi connectivity index (χ0v) is 20.7. The van der Waals surface area contributed by atoms with Gasteiger partial charge in [-0.1, -0.05) is 11.8 Å². The molecule has 180 valence electrons. The molecule has 10 heteroatoms. The molecule has 3 aromatic heterocycles. The molecule has 0 spiro atoms. The van der Waals surface area contributed by atoms with Crippen molar-refractivity contribution in [2.24, 2.45) is 0 Å². The first kappa shape index (κ1) is 23.4. The van der Waals surface area contributed by atoms with Gasteiger partial charge in [0.1, 0.15) is 11.6 Å². The van der Waals surface area contributed by atoms with Crippen LogP contribution in [0.4, 0.5) is 0 Å². The predicted octanol–water partition coefficient (Wildman–Crippen LogP) is 2.54. The van der Waals surface area contributed by atoms with E-state index in [1.807, 2.05) is 23.8 Å². The van der Waals surface area contributed by atoms with Crippen LogP contribution in [-0.2, 0) is 13.1 Å². The molecule has 1 N–H and O–H groups in total. The molecule has 8 nitrogen and oxygen atoms in total. The number of piperidine rings is 1. The van der Waals surface area contributed by atoms with E-state index >= 15 is 0 Å². The Labute approximate surface area is 207 Å². The fraction of sp³-hybridized carbons (Fsp3) is 0.458. The smallest absolute Gasteiger partial charge is 0.252 e. The summed E-state index contributed by atoms with van der Waals surface area (Å²) in [5.41, 5.74) is 2.71. The molecule has 0 amide bonds. The highest BCUT2D eigenvalue weighted by molar-refractivity contribution is 7.99. The largest absolute Gasteiger partial charge is 0.480 e. The van der Waals surface area contributed by atoms with Crippen LogP contribution in [0.5, 0.6) is 5.75 Å². The number of rotatable bonds is 5. The van der Waals surface area contributed by atoms with Crippen molar-refractivity contribution in [2.75, 3.05) is 25.6 Å². The Balaban J connectivity index is 0.00000241. The molecule has 0 radical (unpaired) electrons. The molecule has 34 heavy (non-hydrogen) atoms. The fourth-order valence-electron chi connectivity index (χ4n) is 5.34. The Morgan fingerprint density at radius 1 is 1.18 bits per heavy atom. The molecule has 0 aromatic carbocycles. The second kappa shape index (κ2) is 9.37. The van der Waals surface area contributed by atoms with Gasteiger partial charge < -0.3 is 15.0 Å². The maximum atomic E-state index is 12.7. The van der Waals surface area contributed by atoms with Crippen molar-refractivity contribution in [3.63, 3.8) is 0 Å². The van der Waals surface area contributed by atoms with Crippen LogP contribution in [0.2, 0.25) is 0 Å². The Hall–Kier alpha value is -2.33. The summed E-state index contributed by atoms with van der Waals surface area (Å²) in [6.07, 6.45) is 3.94. The molecule has 0 saturated carbocycles. The quantitative estimate of drug-likeness (QED) is 0.575. The SMILES string of the molecule is Cc1cc(=O)n2c3c1ccc(=O)n3[C@H](CN1CCC(NCc3cc4c(cn3)OCS4)CC1)C2.Cl. The fourth-order valence-corrected chi connectivity index (χ4v) is 6.13. The first-order valence-electron chi connectivity index (χ1n) is 11.5. The van der Waals surface area contributed by atoms with Crippen molar-refractivity contribution in [1.29, 1.82) is 0 Å². The van der Waals surface area contributed by atoms with Crippen LogP contribution in [0.3, 0.4) is 0 Å². The van der Waals surface area contributed by atoms with Crippen LogP contribution in [-0.4, -0.2) is 50.6 Å². The molecule has 1 fully saturated rings. The number of nitrogens with zero attached hydrogens (tertiary/aromatic N) is 4. The number of likely N-dealkylation sites (tertiary alicyclic amines) is 1. The zero-order chi connectivity index (χ0) is 22.5. The summed E-state index contributed by atoms with van der Waals surface area (Å²) in [5, 5.41) is 4.65. The van der Waals surface area contributed by atoms with E-state index in [9.17, 15) is 9.59 Å². The Kier molecular flexibility index (Phi) is 6.45. The molecule has 0 aliphatic carbocycles. The molecule has 1 saturated heterocycles. The Morgan fingerprint density at radius 2 is 2.00 bits per heavy atom. The molecule has 6 heterocycles. The van der Waals surface area contributed by atoms with E-state index in [-0.39, 0.29) is 29.6 Å². The third-order valence-electron chi connectivity index (χ3n) is 7.09. The number of pyridine rings is 3. The topological polar surface area (TPSA) is 81.4 Å². The number of nitrogens with one attached hydrogen (secondary N) is 1. The van der Waals surface area contributed by atoms with Crippen LogP contribution in [0.25, 0.3) is 11.0 Å². The van der Waals surface area contributed by atoms with E-state index in [4.69, 9.17) is 4.74 Å². The van der Waals surface area contributed by atoms with Gasteiger partial charge in [0.05, 0.1) is 22.8 Å². The lowest BCUT2D eigenvalue weighted by atomic mass is 10.0. The minimum absolute atomic E-state index is 0. The van der Waals surface area contributed by atoms with Gasteiger partial charge in [-0.2, -0.15) is 0 Å². The van der Waals surface area contributed by atoms with E-state index in [1.165, 1.54) is 4.90 Å². The van der Waals surface area contributed by atoms with Crippen molar-refractivity contribution in [3.8, 4) is 5.75 Å². The third-order valence-corrected chi connectivity index (χ3v) is 7.96. The normalized spacial score (nSPS) is 19.7. The minimum Gasteiger partial charge on any atom is -0.480 e. The predicted molar refractivity (Wildman–Crippen MR) is 135 cm³/mol. The van der Waals surface area contributed by atoms with E-state index in [0.717, 1.165) is 67.1 Å². The monoisotopic (exact) mass is 501 g/mol. The lowest BCUT2D eigenvalue weighted by molar-refractivity contribution is 0.171. The second-order valence-electron chi connectivity index (χ2n) is 9.19. The molecular formula is C24H28ClN5O3S. The van der Waals surface area contributed by atoms with Crippen molar-refractivity contribution in [3.05, 3.63) is 62.4 Å². The standard InChI is InChI=1S/C24H27N5O3S.ClH/c1-15-8-23(31)28-13-18(29-22(30)3-2-19(15)24(28)29)12-27-6-4-16(5-7-27)25-10-17-9-21-20(11-26-17)32-14-33-21;/h2-3,8-9,11,16,18,25H,4-7,10,12-14H2,1H3;1H/t18-;/m1./s1. The third kappa shape index (κ3) is 4.15. The molecular weight excluding hydrogens is 474 g/mol. The number of aromatic nitrogens is 3. The number of fused-ring (bicyclic) bond motifs is 1. The molecule has 3 aromatic rings. The highest BCUT2D eigenvalue weighted by Gasteiger charge is 2.29. The molecule has 0 unspecified atom stereocenters. The van der Waals surface area contributed by atoms with Crippen molar-refractivity contribution >= 4 is 35.2 Å². The van der Waals surface area contributed by atoms with Crippen LogP contribution in [0.1, 0.15) is 30.1 Å². The van der Waals surface area contributed by atoms with Crippen LogP contribution >= 0.6 is 24.2 Å². The van der Waals surface area contributed by atoms with Crippen LogP contribution in [0.15, 0.2) is 44.9 Å². The maximum absolute atomic E-state index is 12.7. The number of thioether (sulfide) groups is 1. The van der Waals surface area contributed by atoms with Gasteiger partial charge in [-0.05, 0) is 50.6 Å². The Bertz CT molecular complexity index is 1350. The van der Waals surface area contributed by atoms with Crippen LogP contribution in [0, 0.1) is 6.92 Å². The van der Waals surface area contributed by atoms with Crippen LogP contribution < -0.4 is 21.2 Å². The number of hydrogen-bond acceptors (Lipinski definition) is 7. The number of ether oxygens (including phenoxy) is 1. The van der Waals surface area contributed by atoms with Gasteiger partial charge in [-0.3, -0.25) is 23.7 Å². The second-order valence-corrected chi connectivity index (χ2v) is 10.2. The molecule has 3 aliphatic rings. The number of halogens is 1. The first-order valence-corrected chi connectivity index (χ1v) is 12.5. The van der Waals surface area contributed by atoms with Gasteiger partial charge >= 0.3 is 0 Å². The van der Waals surface area contributed by atoms with E-state index in [2.05, 4.69) is 21.3 Å². The maximum Gasteiger partial charge on any atom is 0.252 e. The summed E-state index contributed by atoms with van der Waals surface area (Å²) >= 11 is 1.71. The average Bonchev–Trinajstić information content (AvgIpc) is 3.43. The van der Waals surface area contributed by atoms with Crippen molar-refractivity contribution in [2.45, 2.75) is 49.8 Å². The van der Waals surface area contributed by atoms with E-state index in [0.29, 0.717) is 18.5 Å². The summed E-state index contributed by atoms with van der Waals surface area (Å²) < 4.78 is 9.12. The van der Waals surface area contributed by atoms with Gasteiger partial charge in [0.2, 0.25) is 0 Å². The lowest BCUT2D eigenvalue weighted by Gasteiger charge is -2.34. The summed E-state index contributed by atoms with van der Waals surface area (Å²) in [6, 6.07) is 7.73. The lowest BCUT2D eigenvalue weighted by Crippen LogP contribution is -2.44. The molecule has 3 aliphatic heterocycles. The highest BCUT2D eigenvalue weighted by atomic mass is 35.5. The average molecular weight is 502 g/mol. The number of aryl methyl sites for hydroxylation is 1. The zero-order valence-electron chi connectivity index (χ0n) is 19.0. The number of hydrogen-bond donors (Lipinski definition) is 1. The van der Waals surface area contributed by atoms with Gasteiger partial charge in [0.15, 0.2) is 5.75 Å². The van der Waals surface area contributed by atoms with Gasteiger partial charge in [-0.25, -0.2) is 0 Å². The molecule has 0 bridgehead atoms. The summed E-state index contributed by atoms with van der Waals surface area (Å²) in [7, 11) is 0. The summed E-state index contributed by atoms with van der Waals surface area (Å²) in [4.78, 5) is 33.4. The van der Waals surface area contributed by atoms with Gasteiger partial charge in [0.25, 0.3) is 11.1 Å². The summed E-state index contributed by atoms with van der Waals surface area (Å²) in [5.74, 6) is 1.56. The van der Waals surface area contributed by atoms with Crippen molar-refractivity contribution < 1.29 is 4.74 Å². The highest BCUT2D eigenvalue weighted by Crippen LogP contribution is 2.35. The first-order chi connectivity index (χ1) is 16.1. The summed E-state index contributed by atoms with van der Waals surface area (Å²) in [6.45, 7) is 6.01. The minimum atomic E-state index is -0.0225. The van der Waals surface area contributed by atoms with Gasteiger partial charge in [0, 0.05) is 43.2 Å². The molecule has 6 rings (SSSR count). The van der Waals surface area contributed by atoms with E-state index < -0.39 is 0 Å². The van der Waals surface area contributed by atoms with Gasteiger partial charge in [-0.15, -0.1) is 12.4 Å². The molecule has 1 atom stereocenters. The van der Waals surface area contributed by atoms with E-state index in [1.54, 1.807) is 28.5 Å². The Morgan fingerprint density at radius 3 is 2.82 bits per heavy atom. The van der Waals surface area contributed by atoms with Crippen molar-refractivity contribution in [1.82, 2.24) is 24.3 Å².